The van der Waals surface area contributed by atoms with Gasteiger partial charge in [0.2, 0.25) is 0 Å². The number of anilines is 1. The largest absolute Gasteiger partial charge is 0.370 e. The minimum absolute atomic E-state index is 0. The molecule has 1 aromatic carbocycles. The van der Waals surface area contributed by atoms with Crippen LogP contribution in [0.1, 0.15) is 33.3 Å². The predicted octanol–water partition coefficient (Wildman–Crippen LogP) is 3.64. The average Bonchev–Trinajstić information content (AvgIpc) is 2.35. The molecular weight excluding hydrogens is 361 g/mol. The fraction of sp³-hybridized carbons (Fsp3) is 0.438. The van der Waals surface area contributed by atoms with Crippen molar-refractivity contribution in [3.05, 3.63) is 29.8 Å². The van der Waals surface area contributed by atoms with Crippen LogP contribution in [-0.2, 0) is 6.42 Å². The molecule has 0 saturated carbocycles. The van der Waals surface area contributed by atoms with E-state index in [4.69, 9.17) is 12.2 Å². The van der Waals surface area contributed by atoms with Crippen molar-refractivity contribution in [2.24, 2.45) is 16.1 Å². The quantitative estimate of drug-likeness (QED) is 0.361. The molecule has 3 nitrogen and oxygen atoms in total. The number of nitrogens with two attached hydrogens (primary N) is 1. The third kappa shape index (κ3) is 5.83. The van der Waals surface area contributed by atoms with Crippen LogP contribution in [0.15, 0.2) is 29.3 Å². The van der Waals surface area contributed by atoms with Crippen LogP contribution in [0.5, 0.6) is 0 Å². The van der Waals surface area contributed by atoms with E-state index in [-0.39, 0.29) is 35.4 Å². The molecule has 0 spiro atoms. The fourth-order valence-electron chi connectivity index (χ4n) is 1.62. The Morgan fingerprint density at radius 2 is 1.90 bits per heavy atom. The first kappa shape index (κ1) is 18.8. The van der Waals surface area contributed by atoms with Gasteiger partial charge in [-0.25, -0.2) is 4.99 Å². The highest BCUT2D eigenvalue weighted by Crippen LogP contribution is 2.21. The zero-order valence-electron chi connectivity index (χ0n) is 12.6. The van der Waals surface area contributed by atoms with Crippen LogP contribution in [-0.4, -0.2) is 12.0 Å². The Morgan fingerprint density at radius 1 is 1.35 bits per heavy atom. The topological polar surface area (TPSA) is 50.4 Å². The first-order valence-corrected chi connectivity index (χ1v) is 6.52. The zero-order chi connectivity index (χ0) is 14.5. The van der Waals surface area contributed by atoms with E-state index in [2.05, 4.69) is 35.3 Å². The minimum Gasteiger partial charge on any atom is -0.370 e. The standard InChI is InChI=1S/C16H23N3.HI/c1-6-12-8-10-13(11-9-12)18-15(17)19-14(7-2)16(3,4)5;/h2,8-11,14H,6H2,1,3-5H3,(H3,17,18,19);1H. The van der Waals surface area contributed by atoms with Gasteiger partial charge in [-0.15, -0.1) is 30.4 Å². The van der Waals surface area contributed by atoms with Gasteiger partial charge in [-0.1, -0.05) is 45.7 Å². The lowest BCUT2D eigenvalue weighted by Crippen LogP contribution is -2.30. The molecule has 20 heavy (non-hydrogen) atoms. The molecule has 0 aliphatic heterocycles. The van der Waals surface area contributed by atoms with Gasteiger partial charge in [0, 0.05) is 5.69 Å². The number of aliphatic imine (C=N–C) groups is 1. The number of terminal acetylenes is 1. The summed E-state index contributed by atoms with van der Waals surface area (Å²) in [4.78, 5) is 4.35. The van der Waals surface area contributed by atoms with Crippen molar-refractivity contribution in [2.75, 3.05) is 5.32 Å². The fourth-order valence-corrected chi connectivity index (χ4v) is 1.62. The van der Waals surface area contributed by atoms with E-state index < -0.39 is 0 Å². The molecule has 0 aliphatic carbocycles. The van der Waals surface area contributed by atoms with E-state index >= 15 is 0 Å². The van der Waals surface area contributed by atoms with Crippen molar-refractivity contribution in [1.82, 2.24) is 0 Å². The van der Waals surface area contributed by atoms with E-state index in [0.29, 0.717) is 5.96 Å². The lowest BCUT2D eigenvalue weighted by Gasteiger charge is -2.23. The number of guanidine groups is 1. The number of aryl methyl sites for hydroxylation is 1. The van der Waals surface area contributed by atoms with Gasteiger partial charge in [0.1, 0.15) is 6.04 Å². The summed E-state index contributed by atoms with van der Waals surface area (Å²) in [6, 6.07) is 7.87. The first-order chi connectivity index (χ1) is 8.86. The molecule has 0 aliphatic rings. The normalized spacial score (nSPS) is 13.1. The van der Waals surface area contributed by atoms with Crippen LogP contribution in [0.2, 0.25) is 0 Å². The number of hydrogen-bond donors (Lipinski definition) is 2. The highest BCUT2D eigenvalue weighted by Gasteiger charge is 2.22. The number of halogens is 1. The molecule has 0 amide bonds. The van der Waals surface area contributed by atoms with Crippen molar-refractivity contribution >= 4 is 35.6 Å². The van der Waals surface area contributed by atoms with E-state index in [1.165, 1.54) is 5.56 Å². The maximum absolute atomic E-state index is 5.89. The van der Waals surface area contributed by atoms with Crippen molar-refractivity contribution in [3.63, 3.8) is 0 Å². The van der Waals surface area contributed by atoms with E-state index in [1.807, 2.05) is 32.9 Å². The molecule has 0 saturated heterocycles. The minimum atomic E-state index is -0.241. The summed E-state index contributed by atoms with van der Waals surface area (Å²) in [5.41, 5.74) is 8.00. The number of nitrogens with one attached hydrogen (secondary N) is 1. The van der Waals surface area contributed by atoms with Crippen molar-refractivity contribution in [2.45, 2.75) is 40.2 Å². The maximum Gasteiger partial charge on any atom is 0.194 e. The summed E-state index contributed by atoms with van der Waals surface area (Å²) in [6.45, 7) is 8.26. The Labute approximate surface area is 139 Å². The summed E-state index contributed by atoms with van der Waals surface area (Å²) in [5.74, 6) is 3.02. The van der Waals surface area contributed by atoms with Crippen LogP contribution >= 0.6 is 24.0 Å². The second-order valence-corrected chi connectivity index (χ2v) is 5.63. The molecule has 1 unspecified atom stereocenters. The molecule has 110 valence electrons. The van der Waals surface area contributed by atoms with Crippen LogP contribution < -0.4 is 11.1 Å². The Kier molecular flexibility index (Phi) is 7.66. The average molecular weight is 385 g/mol. The molecular formula is C16H24IN3. The SMILES string of the molecule is C#CC(N=C(N)Nc1ccc(CC)cc1)C(C)(C)C.I. The summed E-state index contributed by atoms with van der Waals surface area (Å²) in [7, 11) is 0. The van der Waals surface area contributed by atoms with Crippen LogP contribution in [0.3, 0.4) is 0 Å². The highest BCUT2D eigenvalue weighted by molar-refractivity contribution is 14.0. The van der Waals surface area contributed by atoms with Gasteiger partial charge >= 0.3 is 0 Å². The van der Waals surface area contributed by atoms with Gasteiger partial charge in [-0.2, -0.15) is 0 Å². The number of hydrogen-bond acceptors (Lipinski definition) is 1. The van der Waals surface area contributed by atoms with Gasteiger partial charge < -0.3 is 11.1 Å². The van der Waals surface area contributed by atoms with Gasteiger partial charge in [0.25, 0.3) is 0 Å². The smallest absolute Gasteiger partial charge is 0.194 e. The van der Waals surface area contributed by atoms with Crippen molar-refractivity contribution < 1.29 is 0 Å². The predicted molar refractivity (Wildman–Crippen MR) is 98.6 cm³/mol. The Bertz CT molecular complexity index is 478. The number of rotatable bonds is 3. The molecule has 0 heterocycles. The molecule has 1 rings (SSSR count). The first-order valence-electron chi connectivity index (χ1n) is 6.52. The van der Waals surface area contributed by atoms with E-state index in [1.54, 1.807) is 0 Å². The van der Waals surface area contributed by atoms with Crippen molar-refractivity contribution in [1.29, 1.82) is 0 Å². The molecule has 1 atom stereocenters. The molecule has 0 bridgehead atoms. The molecule has 0 fully saturated rings. The monoisotopic (exact) mass is 385 g/mol. The Morgan fingerprint density at radius 3 is 2.30 bits per heavy atom. The summed E-state index contributed by atoms with van der Waals surface area (Å²) in [6.07, 6.45) is 6.52. The van der Waals surface area contributed by atoms with Gasteiger partial charge in [0.15, 0.2) is 5.96 Å². The number of benzene rings is 1. The number of nitrogens with zero attached hydrogens (tertiary/aromatic N) is 1. The van der Waals surface area contributed by atoms with Crippen molar-refractivity contribution in [3.8, 4) is 12.3 Å². The zero-order valence-corrected chi connectivity index (χ0v) is 14.9. The maximum atomic E-state index is 5.89. The van der Waals surface area contributed by atoms with Crippen LogP contribution in [0, 0.1) is 17.8 Å². The highest BCUT2D eigenvalue weighted by atomic mass is 127. The lowest BCUT2D eigenvalue weighted by molar-refractivity contribution is 0.376. The van der Waals surface area contributed by atoms with Crippen LogP contribution in [0.25, 0.3) is 0 Å². The van der Waals surface area contributed by atoms with Gasteiger partial charge in [0.05, 0.1) is 0 Å². The van der Waals surface area contributed by atoms with Gasteiger partial charge in [-0.3, -0.25) is 0 Å². The summed E-state index contributed by atoms with van der Waals surface area (Å²) >= 11 is 0. The molecule has 1 aromatic rings. The third-order valence-electron chi connectivity index (χ3n) is 2.88. The van der Waals surface area contributed by atoms with E-state index in [0.717, 1.165) is 12.1 Å². The Balaban J connectivity index is 0.00000361. The summed E-state index contributed by atoms with van der Waals surface area (Å²) < 4.78 is 0. The second kappa shape index (κ2) is 8.15. The third-order valence-corrected chi connectivity index (χ3v) is 2.88. The molecule has 0 aromatic heterocycles. The van der Waals surface area contributed by atoms with Gasteiger partial charge in [-0.05, 0) is 29.5 Å². The lowest BCUT2D eigenvalue weighted by atomic mass is 9.88. The Hall–Kier alpha value is -1.22. The molecule has 3 N–H and O–H groups in total. The molecule has 4 heteroatoms. The summed E-state index contributed by atoms with van der Waals surface area (Å²) in [5, 5.41) is 3.06. The van der Waals surface area contributed by atoms with Crippen LogP contribution in [0.4, 0.5) is 5.69 Å². The molecule has 0 radical (unpaired) electrons. The van der Waals surface area contributed by atoms with E-state index in [9.17, 15) is 0 Å². The second-order valence-electron chi connectivity index (χ2n) is 5.63.